The third kappa shape index (κ3) is 2.50. The number of hydrogen-bond donors (Lipinski definition) is 3. The van der Waals surface area contributed by atoms with Crippen molar-refractivity contribution >= 4 is 5.82 Å². The SMILES string of the molecule is COc1cc(C(C)(C)C)c(O)cc1-c1cc(N)n[nH]1. The van der Waals surface area contributed by atoms with Crippen LogP contribution in [0.25, 0.3) is 11.3 Å². The molecular weight excluding hydrogens is 242 g/mol. The fraction of sp³-hybridized carbons (Fsp3) is 0.357. The van der Waals surface area contributed by atoms with Crippen LogP contribution in [0.2, 0.25) is 0 Å². The summed E-state index contributed by atoms with van der Waals surface area (Å²) in [6.07, 6.45) is 0. The molecule has 0 unspecified atom stereocenters. The van der Waals surface area contributed by atoms with Crippen LogP contribution < -0.4 is 10.5 Å². The maximum atomic E-state index is 10.2. The van der Waals surface area contributed by atoms with Crippen LogP contribution in [0, 0.1) is 0 Å². The number of nitrogens with zero attached hydrogens (tertiary/aromatic N) is 1. The lowest BCUT2D eigenvalue weighted by Crippen LogP contribution is -2.11. The molecule has 2 aromatic rings. The Morgan fingerprint density at radius 1 is 1.26 bits per heavy atom. The number of nitrogen functional groups attached to an aromatic ring is 1. The second-order valence-corrected chi connectivity index (χ2v) is 5.53. The van der Waals surface area contributed by atoms with Gasteiger partial charge in [0.1, 0.15) is 17.3 Å². The van der Waals surface area contributed by atoms with E-state index >= 15 is 0 Å². The molecule has 1 heterocycles. The van der Waals surface area contributed by atoms with Crippen molar-refractivity contribution in [3.8, 4) is 22.8 Å². The van der Waals surface area contributed by atoms with E-state index in [1.807, 2.05) is 26.8 Å². The molecule has 19 heavy (non-hydrogen) atoms. The molecular formula is C14H19N3O2. The second kappa shape index (κ2) is 4.50. The van der Waals surface area contributed by atoms with Crippen LogP contribution in [0.15, 0.2) is 18.2 Å². The van der Waals surface area contributed by atoms with Crippen molar-refractivity contribution in [1.82, 2.24) is 10.2 Å². The van der Waals surface area contributed by atoms with Crippen LogP contribution in [-0.4, -0.2) is 22.4 Å². The smallest absolute Gasteiger partial charge is 0.145 e. The number of aromatic amines is 1. The first-order valence-corrected chi connectivity index (χ1v) is 6.05. The van der Waals surface area contributed by atoms with Gasteiger partial charge >= 0.3 is 0 Å². The van der Waals surface area contributed by atoms with Gasteiger partial charge in [0, 0.05) is 17.2 Å². The van der Waals surface area contributed by atoms with Gasteiger partial charge in [-0.3, -0.25) is 5.10 Å². The summed E-state index contributed by atoms with van der Waals surface area (Å²) in [5.74, 6) is 1.30. The van der Waals surface area contributed by atoms with Gasteiger partial charge in [-0.1, -0.05) is 20.8 Å². The fourth-order valence-corrected chi connectivity index (χ4v) is 2.02. The van der Waals surface area contributed by atoms with Crippen LogP contribution in [0.3, 0.4) is 0 Å². The Bertz CT molecular complexity index is 597. The van der Waals surface area contributed by atoms with E-state index in [0.29, 0.717) is 17.3 Å². The molecule has 0 fully saturated rings. The molecule has 0 aliphatic carbocycles. The molecule has 1 aromatic heterocycles. The number of phenolic OH excluding ortho intramolecular Hbond substituents is 1. The zero-order chi connectivity index (χ0) is 14.2. The molecule has 1 aromatic carbocycles. The quantitative estimate of drug-likeness (QED) is 0.776. The number of phenols is 1. The summed E-state index contributed by atoms with van der Waals surface area (Å²) in [4.78, 5) is 0. The Balaban J connectivity index is 2.61. The number of H-pyrrole nitrogens is 1. The van der Waals surface area contributed by atoms with Gasteiger partial charge in [0.05, 0.1) is 12.8 Å². The monoisotopic (exact) mass is 261 g/mol. The molecule has 0 bridgehead atoms. The molecule has 5 nitrogen and oxygen atoms in total. The molecule has 5 heteroatoms. The highest BCUT2D eigenvalue weighted by Gasteiger charge is 2.21. The van der Waals surface area contributed by atoms with Crippen molar-refractivity contribution in [3.63, 3.8) is 0 Å². The number of rotatable bonds is 2. The van der Waals surface area contributed by atoms with Gasteiger partial charge in [0.15, 0.2) is 0 Å². The summed E-state index contributed by atoms with van der Waals surface area (Å²) < 4.78 is 5.40. The van der Waals surface area contributed by atoms with Crippen molar-refractivity contribution in [2.75, 3.05) is 12.8 Å². The molecule has 102 valence electrons. The van der Waals surface area contributed by atoms with Crippen molar-refractivity contribution in [2.45, 2.75) is 26.2 Å². The summed E-state index contributed by atoms with van der Waals surface area (Å²) in [6, 6.07) is 5.22. The number of benzene rings is 1. The molecule has 0 amide bonds. The lowest BCUT2D eigenvalue weighted by atomic mass is 9.85. The number of anilines is 1. The fourth-order valence-electron chi connectivity index (χ4n) is 2.02. The minimum Gasteiger partial charge on any atom is -0.508 e. The molecule has 0 aliphatic rings. The first-order chi connectivity index (χ1) is 8.82. The summed E-state index contributed by atoms with van der Waals surface area (Å²) in [6.45, 7) is 6.11. The van der Waals surface area contributed by atoms with E-state index in [0.717, 1.165) is 11.1 Å². The highest BCUT2D eigenvalue weighted by Crippen LogP contribution is 2.39. The van der Waals surface area contributed by atoms with Gasteiger partial charge in [-0.25, -0.2) is 0 Å². The number of nitrogens with one attached hydrogen (secondary N) is 1. The van der Waals surface area contributed by atoms with Crippen LogP contribution >= 0.6 is 0 Å². The Morgan fingerprint density at radius 3 is 2.42 bits per heavy atom. The van der Waals surface area contributed by atoms with E-state index in [2.05, 4.69) is 10.2 Å². The van der Waals surface area contributed by atoms with Crippen molar-refractivity contribution in [3.05, 3.63) is 23.8 Å². The minimum absolute atomic E-state index is 0.164. The number of hydrogen-bond acceptors (Lipinski definition) is 4. The van der Waals surface area contributed by atoms with E-state index in [1.54, 1.807) is 19.2 Å². The van der Waals surface area contributed by atoms with Gasteiger partial charge in [0.2, 0.25) is 0 Å². The van der Waals surface area contributed by atoms with Crippen LogP contribution in [0.5, 0.6) is 11.5 Å². The largest absolute Gasteiger partial charge is 0.508 e. The van der Waals surface area contributed by atoms with E-state index in [9.17, 15) is 5.11 Å². The van der Waals surface area contributed by atoms with E-state index in [1.165, 1.54) is 0 Å². The normalized spacial score (nSPS) is 11.6. The Labute approximate surface area is 112 Å². The first-order valence-electron chi connectivity index (χ1n) is 6.05. The first kappa shape index (κ1) is 13.3. The summed E-state index contributed by atoms with van der Waals surface area (Å²) in [5, 5.41) is 16.9. The molecule has 4 N–H and O–H groups in total. The van der Waals surface area contributed by atoms with Gasteiger partial charge in [-0.2, -0.15) is 5.10 Å². The van der Waals surface area contributed by atoms with Crippen molar-refractivity contribution in [2.24, 2.45) is 0 Å². The average Bonchev–Trinajstić information content (AvgIpc) is 2.73. The second-order valence-electron chi connectivity index (χ2n) is 5.53. The molecule has 0 radical (unpaired) electrons. The average molecular weight is 261 g/mol. The van der Waals surface area contributed by atoms with Gasteiger partial charge in [-0.05, 0) is 17.5 Å². The van der Waals surface area contributed by atoms with Crippen molar-refractivity contribution in [1.29, 1.82) is 0 Å². The summed E-state index contributed by atoms with van der Waals surface area (Å²) >= 11 is 0. The van der Waals surface area contributed by atoms with Crippen LogP contribution in [0.1, 0.15) is 26.3 Å². The number of nitrogens with two attached hydrogens (primary N) is 1. The molecule has 2 rings (SSSR count). The Hall–Kier alpha value is -2.17. The van der Waals surface area contributed by atoms with Gasteiger partial charge < -0.3 is 15.6 Å². The maximum Gasteiger partial charge on any atom is 0.145 e. The Morgan fingerprint density at radius 2 is 1.95 bits per heavy atom. The van der Waals surface area contributed by atoms with E-state index in [4.69, 9.17) is 10.5 Å². The standard InChI is InChI=1S/C14H19N3O2/c1-14(2,3)9-6-12(19-4)8(5-11(9)18)10-7-13(15)17-16-10/h5-7,18H,1-4H3,(H3,15,16,17). The molecule has 0 spiro atoms. The number of ether oxygens (including phenoxy) is 1. The minimum atomic E-state index is -0.164. The number of methoxy groups -OCH3 is 1. The van der Waals surface area contributed by atoms with Gasteiger partial charge in [-0.15, -0.1) is 0 Å². The Kier molecular flexibility index (Phi) is 3.14. The zero-order valence-corrected chi connectivity index (χ0v) is 11.6. The third-order valence-electron chi connectivity index (χ3n) is 3.01. The third-order valence-corrected chi connectivity index (χ3v) is 3.01. The zero-order valence-electron chi connectivity index (χ0n) is 11.6. The van der Waals surface area contributed by atoms with E-state index < -0.39 is 0 Å². The lowest BCUT2D eigenvalue weighted by Gasteiger charge is -2.22. The number of aromatic hydroxyl groups is 1. The number of aromatic nitrogens is 2. The van der Waals surface area contributed by atoms with Crippen LogP contribution in [0.4, 0.5) is 5.82 Å². The van der Waals surface area contributed by atoms with Crippen molar-refractivity contribution < 1.29 is 9.84 Å². The topological polar surface area (TPSA) is 84.2 Å². The molecule has 0 saturated carbocycles. The van der Waals surface area contributed by atoms with Gasteiger partial charge in [0.25, 0.3) is 0 Å². The lowest BCUT2D eigenvalue weighted by molar-refractivity contribution is 0.407. The van der Waals surface area contributed by atoms with E-state index in [-0.39, 0.29) is 11.2 Å². The summed E-state index contributed by atoms with van der Waals surface area (Å²) in [5.41, 5.74) is 7.72. The molecule has 0 saturated heterocycles. The molecule has 0 atom stereocenters. The molecule has 0 aliphatic heterocycles. The predicted molar refractivity (Wildman–Crippen MR) is 75.4 cm³/mol. The van der Waals surface area contributed by atoms with Crippen LogP contribution in [-0.2, 0) is 5.41 Å². The highest BCUT2D eigenvalue weighted by atomic mass is 16.5. The maximum absolute atomic E-state index is 10.2. The predicted octanol–water partition coefficient (Wildman–Crippen LogP) is 2.67. The summed E-state index contributed by atoms with van der Waals surface area (Å²) in [7, 11) is 1.60. The highest BCUT2D eigenvalue weighted by molar-refractivity contribution is 5.72.